The lowest BCUT2D eigenvalue weighted by atomic mass is 10.1. The van der Waals surface area contributed by atoms with Crippen LogP contribution in [0.25, 0.3) is 11.4 Å². The van der Waals surface area contributed by atoms with Crippen LogP contribution in [0.2, 0.25) is 0 Å². The molecule has 2 heterocycles. The van der Waals surface area contributed by atoms with Crippen LogP contribution in [0.5, 0.6) is 11.5 Å². The van der Waals surface area contributed by atoms with Crippen LogP contribution in [-0.4, -0.2) is 41.8 Å². The van der Waals surface area contributed by atoms with E-state index in [4.69, 9.17) is 14.0 Å². The quantitative estimate of drug-likeness (QED) is 0.672. The van der Waals surface area contributed by atoms with Crippen LogP contribution in [0.3, 0.4) is 0 Å². The van der Waals surface area contributed by atoms with Crippen LogP contribution < -0.4 is 14.8 Å². The van der Waals surface area contributed by atoms with Crippen molar-refractivity contribution in [3.05, 3.63) is 53.9 Å². The number of carbonyl (C=O) groups excluding carboxylic acids is 1. The summed E-state index contributed by atoms with van der Waals surface area (Å²) in [7, 11) is 3.13. The van der Waals surface area contributed by atoms with Crippen molar-refractivity contribution in [1.82, 2.24) is 15.0 Å². The van der Waals surface area contributed by atoms with E-state index >= 15 is 0 Å². The van der Waals surface area contributed by atoms with Gasteiger partial charge in [-0.2, -0.15) is 4.98 Å². The predicted octanol–water partition coefficient (Wildman–Crippen LogP) is 4.43. The SMILES string of the molecule is COc1ccc(NC(=O)N2CCC[C@H]2c2nc(-c3cccc(C)c3)no2)c(OC)c1. The molecule has 8 heteroatoms. The van der Waals surface area contributed by atoms with Crippen molar-refractivity contribution in [3.63, 3.8) is 0 Å². The predicted molar refractivity (Wildman–Crippen MR) is 112 cm³/mol. The molecule has 0 radical (unpaired) electrons. The van der Waals surface area contributed by atoms with E-state index < -0.39 is 0 Å². The van der Waals surface area contributed by atoms with Gasteiger partial charge < -0.3 is 24.2 Å². The summed E-state index contributed by atoms with van der Waals surface area (Å²) in [5, 5.41) is 7.03. The van der Waals surface area contributed by atoms with Crippen LogP contribution in [-0.2, 0) is 0 Å². The molecule has 0 bridgehead atoms. The number of benzene rings is 2. The third-order valence-corrected chi connectivity index (χ3v) is 5.17. The molecule has 2 aromatic carbocycles. The minimum absolute atomic E-state index is 0.240. The van der Waals surface area contributed by atoms with Crippen LogP contribution in [0.15, 0.2) is 47.0 Å². The second kappa shape index (κ2) is 8.44. The average Bonchev–Trinajstić information content (AvgIpc) is 3.43. The summed E-state index contributed by atoms with van der Waals surface area (Å²) >= 11 is 0. The number of rotatable bonds is 5. The molecule has 1 N–H and O–H groups in total. The zero-order valence-corrected chi connectivity index (χ0v) is 17.2. The number of hydrogen-bond donors (Lipinski definition) is 1. The Balaban J connectivity index is 1.52. The zero-order chi connectivity index (χ0) is 21.1. The van der Waals surface area contributed by atoms with Crippen molar-refractivity contribution < 1.29 is 18.8 Å². The van der Waals surface area contributed by atoms with Gasteiger partial charge in [-0.15, -0.1) is 0 Å². The van der Waals surface area contributed by atoms with Crippen LogP contribution in [0.1, 0.15) is 30.3 Å². The highest BCUT2D eigenvalue weighted by Gasteiger charge is 2.34. The van der Waals surface area contributed by atoms with E-state index in [2.05, 4.69) is 15.5 Å². The van der Waals surface area contributed by atoms with Gasteiger partial charge in [0.2, 0.25) is 11.7 Å². The van der Waals surface area contributed by atoms with Gasteiger partial charge in [0.05, 0.1) is 19.9 Å². The number of urea groups is 1. The lowest BCUT2D eigenvalue weighted by molar-refractivity contribution is 0.193. The van der Waals surface area contributed by atoms with E-state index in [0.29, 0.717) is 35.4 Å². The number of likely N-dealkylation sites (tertiary alicyclic amines) is 1. The fraction of sp³-hybridized carbons (Fsp3) is 0.318. The Morgan fingerprint density at radius 1 is 1.20 bits per heavy atom. The molecule has 8 nitrogen and oxygen atoms in total. The molecule has 1 aliphatic rings. The Labute approximate surface area is 174 Å². The minimum atomic E-state index is -0.264. The van der Waals surface area contributed by atoms with Crippen molar-refractivity contribution in [1.29, 1.82) is 0 Å². The highest BCUT2D eigenvalue weighted by molar-refractivity contribution is 5.91. The van der Waals surface area contributed by atoms with Crippen LogP contribution in [0, 0.1) is 6.92 Å². The minimum Gasteiger partial charge on any atom is -0.497 e. The molecule has 2 amide bonds. The molecule has 156 valence electrons. The number of aryl methyl sites for hydroxylation is 1. The first-order valence-electron chi connectivity index (χ1n) is 9.79. The van der Waals surface area contributed by atoms with E-state index in [9.17, 15) is 4.79 Å². The number of nitrogens with zero attached hydrogens (tertiary/aromatic N) is 3. The van der Waals surface area contributed by atoms with Crippen LogP contribution >= 0.6 is 0 Å². The van der Waals surface area contributed by atoms with Gasteiger partial charge in [0.15, 0.2) is 0 Å². The number of anilines is 1. The number of aromatic nitrogens is 2. The van der Waals surface area contributed by atoms with Gasteiger partial charge in [-0.05, 0) is 38.0 Å². The Kier molecular flexibility index (Phi) is 5.56. The molecule has 0 aliphatic carbocycles. The lowest BCUT2D eigenvalue weighted by Crippen LogP contribution is -2.34. The number of amides is 2. The smallest absolute Gasteiger partial charge is 0.322 e. The van der Waals surface area contributed by atoms with Gasteiger partial charge in [-0.1, -0.05) is 28.9 Å². The fourth-order valence-electron chi connectivity index (χ4n) is 3.63. The van der Waals surface area contributed by atoms with Gasteiger partial charge in [-0.3, -0.25) is 0 Å². The van der Waals surface area contributed by atoms with Crippen molar-refractivity contribution in [3.8, 4) is 22.9 Å². The van der Waals surface area contributed by atoms with Gasteiger partial charge in [0.25, 0.3) is 0 Å². The maximum absolute atomic E-state index is 13.0. The molecule has 1 aromatic heterocycles. The summed E-state index contributed by atoms with van der Waals surface area (Å²) < 4.78 is 16.1. The molecule has 0 saturated carbocycles. The molecule has 4 rings (SSSR count). The van der Waals surface area contributed by atoms with E-state index in [0.717, 1.165) is 24.0 Å². The summed E-state index contributed by atoms with van der Waals surface area (Å²) in [5.74, 6) is 2.15. The summed E-state index contributed by atoms with van der Waals surface area (Å²) in [6.45, 7) is 2.62. The topological polar surface area (TPSA) is 89.7 Å². The van der Waals surface area contributed by atoms with Gasteiger partial charge in [0, 0.05) is 18.2 Å². The molecule has 0 unspecified atom stereocenters. The molecule has 0 spiro atoms. The van der Waals surface area contributed by atoms with Gasteiger partial charge in [-0.25, -0.2) is 4.79 Å². The van der Waals surface area contributed by atoms with Gasteiger partial charge in [0.1, 0.15) is 17.5 Å². The van der Waals surface area contributed by atoms with Crippen molar-refractivity contribution >= 4 is 11.7 Å². The molecule has 3 aromatic rings. The molecule has 1 aliphatic heterocycles. The first kappa shape index (κ1) is 19.8. The van der Waals surface area contributed by atoms with Crippen LogP contribution in [0.4, 0.5) is 10.5 Å². The zero-order valence-electron chi connectivity index (χ0n) is 17.2. The van der Waals surface area contributed by atoms with E-state index in [1.807, 2.05) is 31.2 Å². The Hall–Kier alpha value is -3.55. The van der Waals surface area contributed by atoms with Crippen molar-refractivity contribution in [2.24, 2.45) is 0 Å². The van der Waals surface area contributed by atoms with Crippen molar-refractivity contribution in [2.75, 3.05) is 26.1 Å². The molecule has 1 fully saturated rings. The first-order valence-corrected chi connectivity index (χ1v) is 9.79. The lowest BCUT2D eigenvalue weighted by Gasteiger charge is -2.23. The number of ether oxygens (including phenoxy) is 2. The number of hydrogen-bond acceptors (Lipinski definition) is 6. The normalized spacial score (nSPS) is 15.8. The molecule has 1 saturated heterocycles. The Morgan fingerprint density at radius 3 is 2.83 bits per heavy atom. The average molecular weight is 408 g/mol. The monoisotopic (exact) mass is 408 g/mol. The molecule has 1 atom stereocenters. The largest absolute Gasteiger partial charge is 0.497 e. The summed E-state index contributed by atoms with van der Waals surface area (Å²) in [4.78, 5) is 19.3. The fourth-order valence-corrected chi connectivity index (χ4v) is 3.63. The standard InChI is InChI=1S/C22H24N4O4/c1-14-6-4-7-15(12-14)20-24-21(30-25-20)18-8-5-11-26(18)22(27)23-17-10-9-16(28-2)13-19(17)29-3/h4,6-7,9-10,12-13,18H,5,8,11H2,1-3H3,(H,23,27)/t18-/m0/s1. The Morgan fingerprint density at radius 2 is 2.07 bits per heavy atom. The number of carbonyl (C=O) groups is 1. The Bertz CT molecular complexity index is 1050. The van der Waals surface area contributed by atoms with Crippen molar-refractivity contribution in [2.45, 2.75) is 25.8 Å². The van der Waals surface area contributed by atoms with Gasteiger partial charge >= 0.3 is 6.03 Å². The van der Waals surface area contributed by atoms with E-state index in [1.165, 1.54) is 0 Å². The molecular formula is C22H24N4O4. The summed E-state index contributed by atoms with van der Waals surface area (Å²) in [6.07, 6.45) is 1.63. The highest BCUT2D eigenvalue weighted by atomic mass is 16.5. The second-order valence-electron chi connectivity index (χ2n) is 7.17. The number of methoxy groups -OCH3 is 2. The third kappa shape index (κ3) is 3.94. The maximum atomic E-state index is 13.0. The van der Waals surface area contributed by atoms with E-state index in [-0.39, 0.29) is 12.1 Å². The number of nitrogens with one attached hydrogen (secondary N) is 1. The van der Waals surface area contributed by atoms with E-state index in [1.54, 1.807) is 37.3 Å². The summed E-state index contributed by atoms with van der Waals surface area (Å²) in [6, 6.07) is 12.7. The molecular weight excluding hydrogens is 384 g/mol. The first-order chi connectivity index (χ1) is 14.6. The molecule has 30 heavy (non-hydrogen) atoms. The second-order valence-corrected chi connectivity index (χ2v) is 7.17. The highest BCUT2D eigenvalue weighted by Crippen LogP contribution is 2.34. The summed E-state index contributed by atoms with van der Waals surface area (Å²) in [5.41, 5.74) is 2.58. The third-order valence-electron chi connectivity index (χ3n) is 5.17. The maximum Gasteiger partial charge on any atom is 0.322 e.